The van der Waals surface area contributed by atoms with E-state index in [-0.39, 0.29) is 5.84 Å². The lowest BCUT2D eigenvalue weighted by atomic mass is 10.1. The molecule has 1 aromatic heterocycles. The number of hydrogen-bond donors (Lipinski definition) is 2. The van der Waals surface area contributed by atoms with Gasteiger partial charge in [0, 0.05) is 11.1 Å². The highest BCUT2D eigenvalue weighted by Crippen LogP contribution is 2.30. The monoisotopic (exact) mass is 257 g/mol. The fourth-order valence-corrected chi connectivity index (χ4v) is 2.83. The fourth-order valence-electron chi connectivity index (χ4n) is 1.73. The lowest BCUT2D eigenvalue weighted by molar-refractivity contribution is 1.09. The molecule has 4 heteroatoms. The molecule has 0 fully saturated rings. The van der Waals surface area contributed by atoms with E-state index < -0.39 is 0 Å². The van der Waals surface area contributed by atoms with Crippen LogP contribution in [0.1, 0.15) is 16.7 Å². The van der Waals surface area contributed by atoms with E-state index in [0.29, 0.717) is 0 Å². The van der Waals surface area contributed by atoms with Crippen molar-refractivity contribution in [2.75, 3.05) is 0 Å². The van der Waals surface area contributed by atoms with Crippen LogP contribution in [0.25, 0.3) is 0 Å². The number of pyridine rings is 1. The van der Waals surface area contributed by atoms with Crippen LogP contribution in [0.2, 0.25) is 0 Å². The Kier molecular flexibility index (Phi) is 3.67. The van der Waals surface area contributed by atoms with E-state index in [2.05, 4.69) is 24.0 Å². The van der Waals surface area contributed by atoms with Gasteiger partial charge in [-0.25, -0.2) is 4.98 Å². The summed E-state index contributed by atoms with van der Waals surface area (Å²) in [6.07, 6.45) is 1.75. The Labute approximate surface area is 111 Å². The Bertz CT molecular complexity index is 593. The Hall–Kier alpha value is -1.81. The van der Waals surface area contributed by atoms with Crippen LogP contribution in [0.4, 0.5) is 0 Å². The lowest BCUT2D eigenvalue weighted by Crippen LogP contribution is -2.14. The molecule has 3 nitrogen and oxygen atoms in total. The van der Waals surface area contributed by atoms with E-state index in [1.165, 1.54) is 17.3 Å². The van der Waals surface area contributed by atoms with Gasteiger partial charge in [0.2, 0.25) is 0 Å². The Balaban J connectivity index is 2.40. The van der Waals surface area contributed by atoms with Crippen molar-refractivity contribution < 1.29 is 0 Å². The molecule has 0 spiro atoms. The average molecular weight is 257 g/mol. The third-order valence-corrected chi connectivity index (χ3v) is 3.59. The van der Waals surface area contributed by atoms with Crippen LogP contribution in [0, 0.1) is 19.3 Å². The maximum Gasteiger partial charge on any atom is 0.125 e. The van der Waals surface area contributed by atoms with Gasteiger partial charge < -0.3 is 5.73 Å². The fraction of sp³-hybridized carbons (Fsp3) is 0.143. The van der Waals surface area contributed by atoms with E-state index >= 15 is 0 Å². The van der Waals surface area contributed by atoms with E-state index in [1.807, 2.05) is 25.1 Å². The molecule has 0 amide bonds. The van der Waals surface area contributed by atoms with Crippen LogP contribution in [0.15, 0.2) is 46.5 Å². The van der Waals surface area contributed by atoms with Crippen molar-refractivity contribution in [2.24, 2.45) is 5.73 Å². The second-order valence-corrected chi connectivity index (χ2v) is 5.20. The molecule has 1 aromatic carbocycles. The molecule has 2 rings (SSSR count). The van der Waals surface area contributed by atoms with Gasteiger partial charge in [-0.05, 0) is 37.6 Å². The van der Waals surface area contributed by atoms with Gasteiger partial charge in [-0.1, -0.05) is 29.5 Å². The topological polar surface area (TPSA) is 62.8 Å². The zero-order valence-corrected chi connectivity index (χ0v) is 11.2. The summed E-state index contributed by atoms with van der Waals surface area (Å²) in [4.78, 5) is 5.43. The normalized spacial score (nSPS) is 10.3. The molecule has 0 atom stereocenters. The van der Waals surface area contributed by atoms with Crippen LogP contribution >= 0.6 is 11.8 Å². The van der Waals surface area contributed by atoms with Gasteiger partial charge in [-0.3, -0.25) is 5.41 Å². The van der Waals surface area contributed by atoms with Gasteiger partial charge in [0.1, 0.15) is 10.9 Å². The summed E-state index contributed by atoms with van der Waals surface area (Å²) >= 11 is 1.54. The minimum Gasteiger partial charge on any atom is -0.384 e. The van der Waals surface area contributed by atoms with Crippen molar-refractivity contribution in [1.82, 2.24) is 4.98 Å². The van der Waals surface area contributed by atoms with Crippen molar-refractivity contribution in [2.45, 2.75) is 23.8 Å². The van der Waals surface area contributed by atoms with Gasteiger partial charge >= 0.3 is 0 Å². The molecule has 0 aliphatic rings. The number of nitrogen functional groups attached to an aromatic ring is 1. The summed E-state index contributed by atoms with van der Waals surface area (Å²) in [7, 11) is 0. The van der Waals surface area contributed by atoms with Crippen molar-refractivity contribution in [3.8, 4) is 0 Å². The number of hydrogen-bond acceptors (Lipinski definition) is 3. The second kappa shape index (κ2) is 5.23. The number of nitrogens with two attached hydrogens (primary N) is 1. The molecule has 1 heterocycles. The SMILES string of the molecule is Cc1cccc(Sc2nccc(C)c2C(=N)N)c1. The molecule has 0 aliphatic heterocycles. The van der Waals surface area contributed by atoms with Gasteiger partial charge in [0.25, 0.3) is 0 Å². The predicted molar refractivity (Wildman–Crippen MR) is 75.3 cm³/mol. The summed E-state index contributed by atoms with van der Waals surface area (Å²) in [5, 5.41) is 8.43. The number of nitrogens with one attached hydrogen (secondary N) is 1. The van der Waals surface area contributed by atoms with Crippen molar-refractivity contribution in [1.29, 1.82) is 5.41 Å². The van der Waals surface area contributed by atoms with E-state index in [0.717, 1.165) is 21.0 Å². The van der Waals surface area contributed by atoms with Crippen LogP contribution in [0.3, 0.4) is 0 Å². The van der Waals surface area contributed by atoms with Gasteiger partial charge in [0.05, 0.1) is 5.56 Å². The van der Waals surface area contributed by atoms with Crippen LogP contribution < -0.4 is 5.73 Å². The predicted octanol–water partition coefficient (Wildman–Crippen LogP) is 3.13. The molecule has 18 heavy (non-hydrogen) atoms. The van der Waals surface area contributed by atoms with Crippen LogP contribution in [-0.2, 0) is 0 Å². The van der Waals surface area contributed by atoms with Gasteiger partial charge in [0.15, 0.2) is 0 Å². The van der Waals surface area contributed by atoms with E-state index in [1.54, 1.807) is 6.20 Å². The van der Waals surface area contributed by atoms with Gasteiger partial charge in [-0.2, -0.15) is 0 Å². The maximum atomic E-state index is 7.65. The molecule has 0 saturated heterocycles. The molecule has 2 aromatic rings. The number of nitrogens with zero attached hydrogens (tertiary/aromatic N) is 1. The number of aromatic nitrogens is 1. The minimum atomic E-state index is 0.0655. The van der Waals surface area contributed by atoms with E-state index in [9.17, 15) is 0 Å². The Morgan fingerprint density at radius 3 is 2.72 bits per heavy atom. The highest BCUT2D eigenvalue weighted by atomic mass is 32.2. The summed E-state index contributed by atoms with van der Waals surface area (Å²) < 4.78 is 0. The first kappa shape index (κ1) is 12.6. The first-order chi connectivity index (χ1) is 8.58. The molecule has 92 valence electrons. The van der Waals surface area contributed by atoms with Crippen molar-refractivity contribution in [3.05, 3.63) is 53.2 Å². The van der Waals surface area contributed by atoms with Crippen molar-refractivity contribution >= 4 is 17.6 Å². The van der Waals surface area contributed by atoms with Gasteiger partial charge in [-0.15, -0.1) is 0 Å². The van der Waals surface area contributed by atoms with E-state index in [4.69, 9.17) is 11.1 Å². The lowest BCUT2D eigenvalue weighted by Gasteiger charge is -2.09. The molecule has 0 aliphatic carbocycles. The van der Waals surface area contributed by atoms with Crippen LogP contribution in [0.5, 0.6) is 0 Å². The first-order valence-corrected chi connectivity index (χ1v) is 6.44. The molecule has 0 unspecified atom stereocenters. The second-order valence-electron chi connectivity index (χ2n) is 4.14. The molecule has 0 bridgehead atoms. The number of benzene rings is 1. The summed E-state index contributed by atoms with van der Waals surface area (Å²) in [5.41, 5.74) is 8.54. The molecule has 3 N–H and O–H groups in total. The average Bonchev–Trinajstić information content (AvgIpc) is 2.28. The largest absolute Gasteiger partial charge is 0.384 e. The minimum absolute atomic E-state index is 0.0655. The Morgan fingerprint density at radius 1 is 1.28 bits per heavy atom. The third-order valence-electron chi connectivity index (χ3n) is 2.60. The maximum absolute atomic E-state index is 7.65. The molecule has 0 radical (unpaired) electrons. The number of aryl methyl sites for hydroxylation is 2. The zero-order chi connectivity index (χ0) is 13.1. The molecular formula is C14H15N3S. The Morgan fingerprint density at radius 2 is 2.06 bits per heavy atom. The summed E-state index contributed by atoms with van der Waals surface area (Å²) in [6.45, 7) is 4.00. The zero-order valence-electron chi connectivity index (χ0n) is 10.4. The molecular weight excluding hydrogens is 242 g/mol. The quantitative estimate of drug-likeness (QED) is 0.656. The van der Waals surface area contributed by atoms with Crippen molar-refractivity contribution in [3.63, 3.8) is 0 Å². The standard InChI is InChI=1S/C14H15N3S/c1-9-4-3-5-11(8-9)18-14-12(13(15)16)10(2)6-7-17-14/h3-8H,1-2H3,(H3,15,16). The third kappa shape index (κ3) is 2.71. The number of amidine groups is 1. The summed E-state index contributed by atoms with van der Waals surface area (Å²) in [5.74, 6) is 0.0655. The highest BCUT2D eigenvalue weighted by molar-refractivity contribution is 7.99. The van der Waals surface area contributed by atoms with Crippen LogP contribution in [-0.4, -0.2) is 10.8 Å². The number of rotatable bonds is 3. The smallest absolute Gasteiger partial charge is 0.125 e. The summed E-state index contributed by atoms with van der Waals surface area (Å²) in [6, 6.07) is 10.1. The highest BCUT2D eigenvalue weighted by Gasteiger charge is 2.11. The first-order valence-electron chi connectivity index (χ1n) is 5.62. The molecule has 0 saturated carbocycles.